The van der Waals surface area contributed by atoms with Crippen LogP contribution < -0.4 is 24.8 Å². The molecule has 6 rings (SSSR count). The van der Waals surface area contributed by atoms with Gasteiger partial charge in [-0.3, -0.25) is 0 Å². The molecular formula is C28H30Cl2Zr. The van der Waals surface area contributed by atoms with Crippen molar-refractivity contribution in [2.45, 2.75) is 71.5 Å². The molecule has 2 unspecified atom stereocenters. The molecular weight excluding hydrogens is 498 g/mol. The SMILES string of the molecule is CC(C)c1cccc2c1C=C1CC[C]34[Zr+2][C]12CCC3=Cc1c(C(C)C)cccc14.[Cl-].[Cl-]. The van der Waals surface area contributed by atoms with Gasteiger partial charge >= 0.3 is 188 Å². The number of halogens is 2. The van der Waals surface area contributed by atoms with Gasteiger partial charge < -0.3 is 24.8 Å². The normalized spacial score (nSPS) is 26.3. The predicted octanol–water partition coefficient (Wildman–Crippen LogP) is 1.50. The topological polar surface area (TPSA) is 0 Å². The van der Waals surface area contributed by atoms with Crippen LogP contribution >= 0.6 is 0 Å². The average molecular weight is 529 g/mol. The number of hydrogen-bond acceptors (Lipinski definition) is 0. The minimum absolute atomic E-state index is 0. The van der Waals surface area contributed by atoms with E-state index in [-0.39, 0.29) is 24.8 Å². The van der Waals surface area contributed by atoms with Crippen LogP contribution in [0.5, 0.6) is 0 Å². The van der Waals surface area contributed by atoms with E-state index in [4.69, 9.17) is 0 Å². The summed E-state index contributed by atoms with van der Waals surface area (Å²) >= 11 is -0.761. The number of benzene rings is 2. The molecule has 0 N–H and O–H groups in total. The van der Waals surface area contributed by atoms with Gasteiger partial charge in [-0.05, 0) is 0 Å². The van der Waals surface area contributed by atoms with Crippen molar-refractivity contribution in [3.05, 3.63) is 80.9 Å². The average Bonchev–Trinajstić information content (AvgIpc) is 3.19. The molecule has 0 aromatic heterocycles. The molecule has 2 atom stereocenters. The maximum atomic E-state index is 2.65. The Bertz CT molecular complexity index is 1020. The Hall–Kier alpha value is -0.617. The molecule has 3 heteroatoms. The van der Waals surface area contributed by atoms with Gasteiger partial charge in [0, 0.05) is 0 Å². The van der Waals surface area contributed by atoms with Crippen LogP contribution in [0.1, 0.15) is 98.6 Å². The van der Waals surface area contributed by atoms with Gasteiger partial charge in [0.25, 0.3) is 0 Å². The van der Waals surface area contributed by atoms with Crippen LogP contribution in [0.25, 0.3) is 12.2 Å². The molecule has 2 aromatic carbocycles. The van der Waals surface area contributed by atoms with E-state index in [0.29, 0.717) is 18.1 Å². The van der Waals surface area contributed by atoms with Gasteiger partial charge in [-0.1, -0.05) is 0 Å². The maximum absolute atomic E-state index is 2.65. The summed E-state index contributed by atoms with van der Waals surface area (Å²) in [7, 11) is 0. The third-order valence-corrected chi connectivity index (χ3v) is 14.4. The van der Waals surface area contributed by atoms with Crippen LogP contribution in [0.2, 0.25) is 0 Å². The zero-order valence-electron chi connectivity index (χ0n) is 18.9. The molecule has 160 valence electrons. The summed E-state index contributed by atoms with van der Waals surface area (Å²) in [6.45, 7) is 9.43. The number of rotatable bonds is 2. The molecule has 2 aliphatic heterocycles. The Morgan fingerprint density at radius 3 is 1.48 bits per heavy atom. The van der Waals surface area contributed by atoms with E-state index in [9.17, 15) is 0 Å². The van der Waals surface area contributed by atoms with Crippen molar-refractivity contribution in [2.24, 2.45) is 0 Å². The van der Waals surface area contributed by atoms with Crippen molar-refractivity contribution in [1.82, 2.24) is 0 Å². The van der Waals surface area contributed by atoms with Crippen LogP contribution in [0, 0.1) is 0 Å². The Balaban J connectivity index is 0.00000116. The van der Waals surface area contributed by atoms with E-state index in [1.54, 1.807) is 33.4 Å². The first-order valence-corrected chi connectivity index (χ1v) is 13.9. The van der Waals surface area contributed by atoms with Crippen LogP contribution in [0.3, 0.4) is 0 Å². The molecule has 2 heterocycles. The van der Waals surface area contributed by atoms with Gasteiger partial charge in [-0.2, -0.15) is 0 Å². The molecule has 31 heavy (non-hydrogen) atoms. The van der Waals surface area contributed by atoms with E-state index in [1.165, 1.54) is 25.7 Å². The molecule has 2 fully saturated rings. The summed E-state index contributed by atoms with van der Waals surface area (Å²) in [5.74, 6) is 1.22. The quantitative estimate of drug-likeness (QED) is 0.555. The van der Waals surface area contributed by atoms with Crippen molar-refractivity contribution in [3.8, 4) is 0 Å². The van der Waals surface area contributed by atoms with Gasteiger partial charge in [0.2, 0.25) is 0 Å². The summed E-state index contributed by atoms with van der Waals surface area (Å²) in [4.78, 5) is 0. The number of hydrogen-bond donors (Lipinski definition) is 0. The first-order chi connectivity index (χ1) is 14.0. The Kier molecular flexibility index (Phi) is 6.08. The standard InChI is InChI=1S/C28H30.2ClH.Zr/c1-17(2)21-7-5-9-25-23-13-12-20-16-28-22(18(3)4)8-6-10-26(28)24(20)14-11-19(23)15-27(21)25;;;/h5-10,15-18H,11-14H2,1-4H3;2*1H;/q;;;+2/p-2. The van der Waals surface area contributed by atoms with Crippen molar-refractivity contribution in [2.75, 3.05) is 0 Å². The van der Waals surface area contributed by atoms with E-state index >= 15 is 0 Å². The maximum Gasteiger partial charge on any atom is -1.00 e. The second-order valence-electron chi connectivity index (χ2n) is 10.2. The van der Waals surface area contributed by atoms with Crippen molar-refractivity contribution >= 4 is 12.2 Å². The summed E-state index contributed by atoms with van der Waals surface area (Å²) in [5.41, 5.74) is 13.4. The zero-order valence-corrected chi connectivity index (χ0v) is 22.8. The molecule has 4 aliphatic rings. The third-order valence-electron chi connectivity index (χ3n) is 8.14. The van der Waals surface area contributed by atoms with E-state index in [1.807, 2.05) is 11.1 Å². The fourth-order valence-electron chi connectivity index (χ4n) is 6.77. The van der Waals surface area contributed by atoms with Gasteiger partial charge in [0.1, 0.15) is 0 Å². The Morgan fingerprint density at radius 2 is 1.10 bits per heavy atom. The second-order valence-corrected chi connectivity index (χ2v) is 15.0. The van der Waals surface area contributed by atoms with Crippen molar-refractivity contribution in [1.29, 1.82) is 0 Å². The molecule has 2 aromatic rings. The summed E-state index contributed by atoms with van der Waals surface area (Å²) in [6.07, 6.45) is 10.6. The largest absolute Gasteiger partial charge is 1.00 e. The molecule has 2 spiro atoms. The van der Waals surface area contributed by atoms with E-state index in [2.05, 4.69) is 76.2 Å². The monoisotopic (exact) mass is 526 g/mol. The molecule has 0 saturated carbocycles. The van der Waals surface area contributed by atoms with Crippen LogP contribution in [-0.2, 0) is 29.5 Å². The smallest absolute Gasteiger partial charge is 1.00 e. The number of allylic oxidation sites excluding steroid dienone is 2. The first-order valence-electron chi connectivity index (χ1n) is 11.4. The van der Waals surface area contributed by atoms with Crippen LogP contribution in [0.4, 0.5) is 0 Å². The van der Waals surface area contributed by atoms with Gasteiger partial charge in [0.05, 0.1) is 0 Å². The minimum Gasteiger partial charge on any atom is -1.00 e. The summed E-state index contributed by atoms with van der Waals surface area (Å²) < 4.78 is 0.906. The molecule has 2 bridgehead atoms. The first kappa shape index (κ1) is 23.5. The Labute approximate surface area is 211 Å². The van der Waals surface area contributed by atoms with E-state index < -0.39 is 23.2 Å². The van der Waals surface area contributed by atoms with Gasteiger partial charge in [-0.25, -0.2) is 0 Å². The summed E-state index contributed by atoms with van der Waals surface area (Å²) in [5, 5.41) is 0. The second kappa shape index (κ2) is 8.00. The van der Waals surface area contributed by atoms with Crippen LogP contribution in [0.15, 0.2) is 47.5 Å². The molecule has 0 amide bonds. The fraction of sp³-hybridized carbons (Fsp3) is 0.429. The van der Waals surface area contributed by atoms with Crippen molar-refractivity contribution < 1.29 is 48.0 Å². The third kappa shape index (κ3) is 3.02. The van der Waals surface area contributed by atoms with Gasteiger partial charge in [-0.15, -0.1) is 0 Å². The minimum atomic E-state index is -0.761. The van der Waals surface area contributed by atoms with E-state index in [0.717, 1.165) is 0 Å². The summed E-state index contributed by atoms with van der Waals surface area (Å²) in [6, 6.07) is 14.5. The fourth-order valence-corrected chi connectivity index (χ4v) is 13.3. The van der Waals surface area contributed by atoms with Crippen molar-refractivity contribution in [3.63, 3.8) is 0 Å². The molecule has 0 nitrogen and oxygen atoms in total. The molecule has 0 radical (unpaired) electrons. The predicted molar refractivity (Wildman–Crippen MR) is 119 cm³/mol. The zero-order chi connectivity index (χ0) is 20.0. The van der Waals surface area contributed by atoms with Gasteiger partial charge in [0.15, 0.2) is 0 Å². The Morgan fingerprint density at radius 1 is 0.677 bits per heavy atom. The van der Waals surface area contributed by atoms with Crippen LogP contribution in [-0.4, -0.2) is 0 Å². The molecule has 2 saturated heterocycles. The number of fused-ring (bicyclic) bond motifs is 2. The molecule has 2 aliphatic carbocycles.